The molecule has 2 N–H and O–H groups in total. The number of halogens is 1. The standard InChI is InChI=1S/C16H22ClN3O2/c1-10-8-11(2)15(14(17)9-10)20(12(3)21)7-6-18-16(22)19-13-4-5-13/h8-9,13H,4-7H2,1-3H3,(H2,18,19,22). The molecule has 5 nitrogen and oxygen atoms in total. The van der Waals surface area contributed by atoms with Crippen LogP contribution in [0.15, 0.2) is 12.1 Å². The summed E-state index contributed by atoms with van der Waals surface area (Å²) in [7, 11) is 0. The molecule has 1 aromatic rings. The van der Waals surface area contributed by atoms with Crippen molar-refractivity contribution in [2.24, 2.45) is 0 Å². The lowest BCUT2D eigenvalue weighted by Gasteiger charge is -2.25. The Bertz CT molecular complexity index is 562. The van der Waals surface area contributed by atoms with Crippen LogP contribution in [-0.4, -0.2) is 31.1 Å². The lowest BCUT2D eigenvalue weighted by atomic mass is 10.1. The second-order valence-electron chi connectivity index (χ2n) is 5.76. The van der Waals surface area contributed by atoms with Gasteiger partial charge in [-0.25, -0.2) is 4.79 Å². The minimum Gasteiger partial charge on any atom is -0.336 e. The van der Waals surface area contributed by atoms with Gasteiger partial charge >= 0.3 is 6.03 Å². The first-order chi connectivity index (χ1) is 10.4. The molecule has 1 fully saturated rings. The molecule has 1 aliphatic carbocycles. The molecule has 0 bridgehead atoms. The van der Waals surface area contributed by atoms with Gasteiger partial charge in [-0.05, 0) is 43.9 Å². The van der Waals surface area contributed by atoms with E-state index < -0.39 is 0 Å². The molecule has 0 spiro atoms. The Balaban J connectivity index is 2.00. The molecule has 120 valence electrons. The summed E-state index contributed by atoms with van der Waals surface area (Å²) in [4.78, 5) is 25.1. The van der Waals surface area contributed by atoms with Crippen molar-refractivity contribution < 1.29 is 9.59 Å². The van der Waals surface area contributed by atoms with Crippen molar-refractivity contribution in [3.05, 3.63) is 28.3 Å². The lowest BCUT2D eigenvalue weighted by molar-refractivity contribution is -0.116. The predicted octanol–water partition coefficient (Wildman–Crippen LogP) is 2.77. The smallest absolute Gasteiger partial charge is 0.315 e. The van der Waals surface area contributed by atoms with Crippen molar-refractivity contribution in [3.63, 3.8) is 0 Å². The van der Waals surface area contributed by atoms with Gasteiger partial charge in [0.1, 0.15) is 0 Å². The maximum Gasteiger partial charge on any atom is 0.315 e. The summed E-state index contributed by atoms with van der Waals surface area (Å²) in [5, 5.41) is 6.17. The van der Waals surface area contributed by atoms with Gasteiger partial charge in [-0.3, -0.25) is 4.79 Å². The second-order valence-corrected chi connectivity index (χ2v) is 6.16. The van der Waals surface area contributed by atoms with E-state index in [1.54, 1.807) is 4.90 Å². The van der Waals surface area contributed by atoms with Gasteiger partial charge in [-0.1, -0.05) is 17.7 Å². The second kappa shape index (κ2) is 7.01. The minimum atomic E-state index is -0.183. The zero-order valence-corrected chi connectivity index (χ0v) is 14.0. The van der Waals surface area contributed by atoms with Crippen LogP contribution in [0.5, 0.6) is 0 Å². The highest BCUT2D eigenvalue weighted by Gasteiger charge is 2.23. The van der Waals surface area contributed by atoms with E-state index in [0.717, 1.165) is 24.0 Å². The van der Waals surface area contributed by atoms with Crippen molar-refractivity contribution in [2.75, 3.05) is 18.0 Å². The Morgan fingerprint density at radius 1 is 1.32 bits per heavy atom. The third-order valence-electron chi connectivity index (χ3n) is 3.58. The Labute approximate surface area is 136 Å². The Morgan fingerprint density at radius 3 is 2.55 bits per heavy atom. The average molecular weight is 324 g/mol. The van der Waals surface area contributed by atoms with Gasteiger partial charge in [0.2, 0.25) is 5.91 Å². The molecule has 0 aromatic heterocycles. The van der Waals surface area contributed by atoms with Crippen molar-refractivity contribution >= 4 is 29.2 Å². The van der Waals surface area contributed by atoms with E-state index in [9.17, 15) is 9.59 Å². The van der Waals surface area contributed by atoms with Gasteiger partial charge < -0.3 is 15.5 Å². The van der Waals surface area contributed by atoms with Crippen LogP contribution >= 0.6 is 11.6 Å². The van der Waals surface area contributed by atoms with Crippen molar-refractivity contribution in [3.8, 4) is 0 Å². The summed E-state index contributed by atoms with van der Waals surface area (Å²) < 4.78 is 0. The molecule has 0 unspecified atom stereocenters. The fourth-order valence-electron chi connectivity index (χ4n) is 2.42. The van der Waals surface area contributed by atoms with Crippen LogP contribution in [0.25, 0.3) is 0 Å². The molecular weight excluding hydrogens is 302 g/mol. The summed E-state index contributed by atoms with van der Waals surface area (Å²) in [6.45, 7) is 6.15. The molecule has 1 aliphatic rings. The van der Waals surface area contributed by atoms with E-state index in [4.69, 9.17) is 11.6 Å². The SMILES string of the molecule is CC(=O)N(CCNC(=O)NC1CC1)c1c(C)cc(C)cc1Cl. The molecular formula is C16H22ClN3O2. The molecule has 6 heteroatoms. The summed E-state index contributed by atoms with van der Waals surface area (Å²) in [6.07, 6.45) is 2.09. The minimum absolute atomic E-state index is 0.0988. The largest absolute Gasteiger partial charge is 0.336 e. The van der Waals surface area contributed by atoms with Crippen LogP contribution in [0, 0.1) is 13.8 Å². The van der Waals surface area contributed by atoms with Crippen molar-refractivity contribution in [1.29, 1.82) is 0 Å². The van der Waals surface area contributed by atoms with Crippen LogP contribution in [0.2, 0.25) is 5.02 Å². The van der Waals surface area contributed by atoms with Gasteiger partial charge in [-0.2, -0.15) is 0 Å². The van der Waals surface area contributed by atoms with Crippen LogP contribution in [0.3, 0.4) is 0 Å². The molecule has 2 rings (SSSR count). The zero-order valence-electron chi connectivity index (χ0n) is 13.2. The third-order valence-corrected chi connectivity index (χ3v) is 3.87. The summed E-state index contributed by atoms with van der Waals surface area (Å²) >= 11 is 6.30. The number of aryl methyl sites for hydroxylation is 2. The van der Waals surface area contributed by atoms with Crippen molar-refractivity contribution in [1.82, 2.24) is 10.6 Å². The zero-order chi connectivity index (χ0) is 16.3. The first kappa shape index (κ1) is 16.6. The number of nitrogens with zero attached hydrogens (tertiary/aromatic N) is 1. The van der Waals surface area contributed by atoms with Gasteiger partial charge in [-0.15, -0.1) is 0 Å². The molecule has 0 saturated heterocycles. The van der Waals surface area contributed by atoms with Gasteiger partial charge in [0.05, 0.1) is 10.7 Å². The van der Waals surface area contributed by atoms with Crippen molar-refractivity contribution in [2.45, 2.75) is 39.7 Å². The van der Waals surface area contributed by atoms with E-state index in [0.29, 0.717) is 29.8 Å². The molecule has 0 aliphatic heterocycles. The first-order valence-electron chi connectivity index (χ1n) is 7.47. The van der Waals surface area contributed by atoms with E-state index in [-0.39, 0.29) is 11.9 Å². The first-order valence-corrected chi connectivity index (χ1v) is 7.85. The predicted molar refractivity (Wildman–Crippen MR) is 88.5 cm³/mol. The Kier molecular flexibility index (Phi) is 5.29. The van der Waals surface area contributed by atoms with E-state index in [1.807, 2.05) is 26.0 Å². The van der Waals surface area contributed by atoms with Crippen LogP contribution in [0.4, 0.5) is 10.5 Å². The number of carbonyl (C=O) groups excluding carboxylic acids is 2. The average Bonchev–Trinajstić information content (AvgIpc) is 3.19. The van der Waals surface area contributed by atoms with Crippen LogP contribution in [-0.2, 0) is 4.79 Å². The number of benzene rings is 1. The van der Waals surface area contributed by atoms with Crippen LogP contribution < -0.4 is 15.5 Å². The van der Waals surface area contributed by atoms with Crippen LogP contribution in [0.1, 0.15) is 30.9 Å². The monoisotopic (exact) mass is 323 g/mol. The van der Waals surface area contributed by atoms with E-state index >= 15 is 0 Å². The highest BCUT2D eigenvalue weighted by atomic mass is 35.5. The molecule has 0 atom stereocenters. The highest BCUT2D eigenvalue weighted by molar-refractivity contribution is 6.34. The molecule has 0 radical (unpaired) electrons. The van der Waals surface area contributed by atoms with E-state index in [2.05, 4.69) is 10.6 Å². The fourth-order valence-corrected chi connectivity index (χ4v) is 2.85. The quantitative estimate of drug-likeness (QED) is 0.875. The van der Waals surface area contributed by atoms with Gasteiger partial charge in [0.25, 0.3) is 0 Å². The Morgan fingerprint density at radius 2 is 2.00 bits per heavy atom. The van der Waals surface area contributed by atoms with E-state index in [1.165, 1.54) is 6.92 Å². The summed E-state index contributed by atoms with van der Waals surface area (Å²) in [6, 6.07) is 3.97. The Hall–Kier alpha value is -1.75. The number of amides is 3. The maximum absolute atomic E-state index is 11.9. The number of hydrogen-bond acceptors (Lipinski definition) is 2. The highest BCUT2D eigenvalue weighted by Crippen LogP contribution is 2.31. The van der Waals surface area contributed by atoms with Gasteiger partial charge in [0, 0.05) is 26.1 Å². The normalized spacial score (nSPS) is 13.6. The topological polar surface area (TPSA) is 61.4 Å². The number of rotatable bonds is 5. The number of urea groups is 1. The molecule has 1 saturated carbocycles. The maximum atomic E-state index is 11.9. The molecule has 1 aromatic carbocycles. The van der Waals surface area contributed by atoms with Gasteiger partial charge in [0.15, 0.2) is 0 Å². The number of hydrogen-bond donors (Lipinski definition) is 2. The number of anilines is 1. The molecule has 0 heterocycles. The summed E-state index contributed by atoms with van der Waals surface area (Å²) in [5.74, 6) is -0.0988. The molecule has 22 heavy (non-hydrogen) atoms. The number of carbonyl (C=O) groups is 2. The number of nitrogens with one attached hydrogen (secondary N) is 2. The lowest BCUT2D eigenvalue weighted by Crippen LogP contribution is -2.42. The third kappa shape index (κ3) is 4.37. The summed E-state index contributed by atoms with van der Waals surface area (Å²) in [5.41, 5.74) is 2.71. The fraction of sp³-hybridized carbons (Fsp3) is 0.500. The molecule has 3 amide bonds.